The third-order valence-electron chi connectivity index (χ3n) is 3.67. The molecule has 2 rings (SSSR count). The molecule has 0 radical (unpaired) electrons. The number of carbonyl (C=O) groups is 2. The molecule has 0 bridgehead atoms. The molecule has 1 spiro atoms. The molecular formula is C12H20N2O2. The van der Waals surface area contributed by atoms with Crippen LogP contribution in [0.25, 0.3) is 0 Å². The number of piperidine rings is 1. The van der Waals surface area contributed by atoms with Crippen LogP contribution < -0.4 is 5.32 Å². The zero-order valence-corrected chi connectivity index (χ0v) is 10.1. The molecule has 2 amide bonds. The van der Waals surface area contributed by atoms with Crippen LogP contribution in [0.5, 0.6) is 0 Å². The molecule has 0 aromatic heterocycles. The first-order chi connectivity index (χ1) is 7.52. The molecule has 1 N–H and O–H groups in total. The van der Waals surface area contributed by atoms with E-state index in [-0.39, 0.29) is 17.2 Å². The van der Waals surface area contributed by atoms with E-state index in [0.29, 0.717) is 12.3 Å². The Kier molecular flexibility index (Phi) is 3.02. The number of imide groups is 1. The first-order valence-corrected chi connectivity index (χ1v) is 6.08. The quantitative estimate of drug-likeness (QED) is 0.705. The molecule has 16 heavy (non-hydrogen) atoms. The van der Waals surface area contributed by atoms with Gasteiger partial charge in [0, 0.05) is 13.0 Å². The molecule has 2 aliphatic heterocycles. The second-order valence-corrected chi connectivity index (χ2v) is 5.53. The van der Waals surface area contributed by atoms with E-state index in [1.54, 1.807) is 0 Å². The van der Waals surface area contributed by atoms with Gasteiger partial charge in [-0.15, -0.1) is 0 Å². The zero-order valence-electron chi connectivity index (χ0n) is 10.1. The van der Waals surface area contributed by atoms with Gasteiger partial charge >= 0.3 is 0 Å². The number of hydrogen-bond acceptors (Lipinski definition) is 3. The third-order valence-corrected chi connectivity index (χ3v) is 3.67. The number of carbonyl (C=O) groups excluding carboxylic acids is 2. The van der Waals surface area contributed by atoms with Crippen molar-refractivity contribution in [3.63, 3.8) is 0 Å². The van der Waals surface area contributed by atoms with Crippen molar-refractivity contribution in [2.24, 2.45) is 11.3 Å². The number of nitrogens with zero attached hydrogens (tertiary/aromatic N) is 1. The van der Waals surface area contributed by atoms with Gasteiger partial charge in [-0.1, -0.05) is 13.8 Å². The van der Waals surface area contributed by atoms with Gasteiger partial charge in [-0.3, -0.25) is 14.9 Å². The summed E-state index contributed by atoms with van der Waals surface area (Å²) in [7, 11) is 0. The maximum Gasteiger partial charge on any atom is 0.233 e. The fourth-order valence-electron chi connectivity index (χ4n) is 2.77. The molecule has 0 aliphatic carbocycles. The fourth-order valence-corrected chi connectivity index (χ4v) is 2.77. The lowest BCUT2D eigenvalue weighted by atomic mass is 9.77. The maximum atomic E-state index is 11.7. The molecule has 4 heteroatoms. The molecular weight excluding hydrogens is 204 g/mol. The minimum atomic E-state index is -0.370. The average Bonchev–Trinajstić information content (AvgIpc) is 2.45. The van der Waals surface area contributed by atoms with E-state index in [2.05, 4.69) is 24.1 Å². The van der Waals surface area contributed by atoms with E-state index in [9.17, 15) is 9.59 Å². The summed E-state index contributed by atoms with van der Waals surface area (Å²) in [5, 5.41) is 2.44. The van der Waals surface area contributed by atoms with Gasteiger partial charge in [-0.2, -0.15) is 0 Å². The summed E-state index contributed by atoms with van der Waals surface area (Å²) in [6.45, 7) is 7.38. The smallest absolute Gasteiger partial charge is 0.233 e. The molecule has 0 aromatic rings. The Morgan fingerprint density at radius 1 is 1.31 bits per heavy atom. The first-order valence-electron chi connectivity index (χ1n) is 6.08. The van der Waals surface area contributed by atoms with E-state index < -0.39 is 0 Å². The topological polar surface area (TPSA) is 49.4 Å². The standard InChI is InChI=1S/C12H20N2O2/c1-9(2)8-14-5-3-12(4-6-14)7-10(15)13-11(12)16/h9H,3-8H2,1-2H3,(H,13,15,16). The minimum absolute atomic E-state index is 0.0401. The van der Waals surface area contributed by atoms with Crippen LogP contribution in [0, 0.1) is 11.3 Å². The van der Waals surface area contributed by atoms with Crippen molar-refractivity contribution in [2.45, 2.75) is 33.1 Å². The predicted molar refractivity (Wildman–Crippen MR) is 60.7 cm³/mol. The van der Waals surface area contributed by atoms with Gasteiger partial charge in [-0.05, 0) is 31.8 Å². The van der Waals surface area contributed by atoms with Crippen molar-refractivity contribution >= 4 is 11.8 Å². The molecule has 90 valence electrons. The van der Waals surface area contributed by atoms with E-state index in [1.807, 2.05) is 0 Å². The normalized spacial score (nSPS) is 25.4. The van der Waals surface area contributed by atoms with Crippen LogP contribution in [-0.4, -0.2) is 36.3 Å². The van der Waals surface area contributed by atoms with E-state index in [1.165, 1.54) is 0 Å². The van der Waals surface area contributed by atoms with Crippen LogP contribution >= 0.6 is 0 Å². The van der Waals surface area contributed by atoms with Crippen LogP contribution in [0.15, 0.2) is 0 Å². The van der Waals surface area contributed by atoms with Crippen LogP contribution in [0.4, 0.5) is 0 Å². The van der Waals surface area contributed by atoms with Crippen LogP contribution in [0.3, 0.4) is 0 Å². The second kappa shape index (κ2) is 4.17. The molecule has 0 atom stereocenters. The minimum Gasteiger partial charge on any atom is -0.303 e. The Morgan fingerprint density at radius 3 is 2.38 bits per heavy atom. The molecule has 2 fully saturated rings. The molecule has 4 nitrogen and oxygen atoms in total. The highest BCUT2D eigenvalue weighted by molar-refractivity contribution is 6.05. The first kappa shape index (κ1) is 11.6. The second-order valence-electron chi connectivity index (χ2n) is 5.53. The van der Waals surface area contributed by atoms with Crippen LogP contribution in [0.2, 0.25) is 0 Å². The van der Waals surface area contributed by atoms with Crippen LogP contribution in [-0.2, 0) is 9.59 Å². The zero-order chi connectivity index (χ0) is 11.8. The molecule has 0 unspecified atom stereocenters. The third kappa shape index (κ3) is 2.12. The highest BCUT2D eigenvalue weighted by atomic mass is 16.2. The summed E-state index contributed by atoms with van der Waals surface area (Å²) < 4.78 is 0. The Labute approximate surface area is 96.4 Å². The number of rotatable bonds is 2. The van der Waals surface area contributed by atoms with Gasteiger partial charge in [0.1, 0.15) is 0 Å². The molecule has 2 saturated heterocycles. The predicted octanol–water partition coefficient (Wildman–Crippen LogP) is 0.771. The fraction of sp³-hybridized carbons (Fsp3) is 0.833. The highest BCUT2D eigenvalue weighted by Gasteiger charge is 2.47. The lowest BCUT2D eigenvalue weighted by Crippen LogP contribution is -2.44. The van der Waals surface area contributed by atoms with Crippen molar-refractivity contribution in [3.8, 4) is 0 Å². The van der Waals surface area contributed by atoms with E-state index >= 15 is 0 Å². The van der Waals surface area contributed by atoms with Gasteiger partial charge in [0.15, 0.2) is 0 Å². The number of amides is 2. The monoisotopic (exact) mass is 224 g/mol. The molecule has 0 saturated carbocycles. The van der Waals surface area contributed by atoms with Gasteiger partial charge < -0.3 is 4.90 Å². The van der Waals surface area contributed by atoms with Crippen molar-refractivity contribution < 1.29 is 9.59 Å². The van der Waals surface area contributed by atoms with Gasteiger partial charge in [0.05, 0.1) is 5.41 Å². The summed E-state index contributed by atoms with van der Waals surface area (Å²) in [5.74, 6) is 0.525. The summed E-state index contributed by atoms with van der Waals surface area (Å²) in [6, 6.07) is 0. The number of hydrogen-bond donors (Lipinski definition) is 1. The Morgan fingerprint density at radius 2 is 1.94 bits per heavy atom. The summed E-state index contributed by atoms with van der Waals surface area (Å²) in [4.78, 5) is 25.4. The van der Waals surface area contributed by atoms with Gasteiger partial charge in [-0.25, -0.2) is 0 Å². The lowest BCUT2D eigenvalue weighted by Gasteiger charge is -2.37. The Bertz CT molecular complexity index is 304. The van der Waals surface area contributed by atoms with Crippen molar-refractivity contribution in [1.29, 1.82) is 0 Å². The molecule has 2 aliphatic rings. The van der Waals surface area contributed by atoms with Gasteiger partial charge in [0.2, 0.25) is 11.8 Å². The average molecular weight is 224 g/mol. The lowest BCUT2D eigenvalue weighted by molar-refractivity contribution is -0.130. The van der Waals surface area contributed by atoms with Crippen molar-refractivity contribution in [1.82, 2.24) is 10.2 Å². The molecule has 2 heterocycles. The maximum absolute atomic E-state index is 11.7. The SMILES string of the molecule is CC(C)CN1CCC2(CC1)CC(=O)NC2=O. The summed E-state index contributed by atoms with van der Waals surface area (Å²) in [5.41, 5.74) is -0.370. The Balaban J connectivity index is 1.94. The highest BCUT2D eigenvalue weighted by Crippen LogP contribution is 2.38. The number of likely N-dealkylation sites (tertiary alicyclic amines) is 1. The largest absolute Gasteiger partial charge is 0.303 e. The molecule has 0 aromatic carbocycles. The number of nitrogens with one attached hydrogen (secondary N) is 1. The van der Waals surface area contributed by atoms with Crippen LogP contribution in [0.1, 0.15) is 33.1 Å². The summed E-state index contributed by atoms with van der Waals surface area (Å²) in [6.07, 6.45) is 2.07. The van der Waals surface area contributed by atoms with Gasteiger partial charge in [0.25, 0.3) is 0 Å². The van der Waals surface area contributed by atoms with Crippen molar-refractivity contribution in [3.05, 3.63) is 0 Å². The Hall–Kier alpha value is -0.900. The van der Waals surface area contributed by atoms with Crippen molar-refractivity contribution in [2.75, 3.05) is 19.6 Å². The van der Waals surface area contributed by atoms with E-state index in [0.717, 1.165) is 32.5 Å². The summed E-state index contributed by atoms with van der Waals surface area (Å²) >= 11 is 0. The van der Waals surface area contributed by atoms with E-state index in [4.69, 9.17) is 0 Å².